The Morgan fingerprint density at radius 3 is 2.27 bits per heavy atom. The third kappa shape index (κ3) is 3.92. The molecule has 0 aliphatic rings. The third-order valence-electron chi connectivity index (χ3n) is 2.70. The molecule has 6 heteroatoms. The summed E-state index contributed by atoms with van der Waals surface area (Å²) in [6, 6.07) is 9.38. The smallest absolute Gasteiger partial charge is 0.266 e. The van der Waals surface area contributed by atoms with Gasteiger partial charge in [0.2, 0.25) is 4.77 Å². The molecule has 3 aromatic rings. The van der Waals surface area contributed by atoms with Crippen molar-refractivity contribution in [3.05, 3.63) is 51.0 Å². The third-order valence-corrected chi connectivity index (χ3v) is 2.97. The average molecular weight is 318 g/mol. The molecule has 3 rings (SSSR count). The van der Waals surface area contributed by atoms with E-state index in [-0.39, 0.29) is 5.56 Å². The monoisotopic (exact) mass is 318 g/mol. The molecule has 0 fully saturated rings. The van der Waals surface area contributed by atoms with Crippen LogP contribution in [0.5, 0.6) is 0 Å². The van der Waals surface area contributed by atoms with Crippen LogP contribution in [-0.4, -0.2) is 19.6 Å². The predicted molar refractivity (Wildman–Crippen MR) is 93.9 cm³/mol. The van der Waals surface area contributed by atoms with Crippen LogP contribution in [-0.2, 0) is 0 Å². The Morgan fingerprint density at radius 2 is 1.68 bits per heavy atom. The lowest BCUT2D eigenvalue weighted by Gasteiger charge is -2.03. The SMILES string of the molecule is CC.CC.Cc1ccc(-c2nc(=S)n3[nH]c(=O)cc3[nH]2)cc1. The molecule has 0 atom stereocenters. The molecule has 118 valence electrons. The number of aryl methyl sites for hydroxylation is 1. The van der Waals surface area contributed by atoms with Crippen molar-refractivity contribution in [2.45, 2.75) is 34.6 Å². The number of hydrogen-bond donors (Lipinski definition) is 2. The molecule has 5 nitrogen and oxygen atoms in total. The number of aromatic amines is 2. The highest BCUT2D eigenvalue weighted by Crippen LogP contribution is 2.15. The number of H-pyrrole nitrogens is 2. The Balaban J connectivity index is 0.000000561. The van der Waals surface area contributed by atoms with Gasteiger partial charge in [0, 0.05) is 11.6 Å². The number of rotatable bonds is 1. The minimum Gasteiger partial charge on any atom is -0.324 e. The minimum atomic E-state index is -0.208. The molecule has 2 heterocycles. The highest BCUT2D eigenvalue weighted by molar-refractivity contribution is 7.71. The Bertz CT molecular complexity index is 828. The van der Waals surface area contributed by atoms with Crippen LogP contribution in [0.3, 0.4) is 0 Å². The van der Waals surface area contributed by atoms with Crippen LogP contribution in [0.4, 0.5) is 0 Å². The summed E-state index contributed by atoms with van der Waals surface area (Å²) in [5.41, 5.74) is 2.51. The Morgan fingerprint density at radius 1 is 1.09 bits per heavy atom. The van der Waals surface area contributed by atoms with Gasteiger partial charge in [0.25, 0.3) is 5.56 Å². The summed E-state index contributed by atoms with van der Waals surface area (Å²) < 4.78 is 1.77. The number of fused-ring (bicyclic) bond motifs is 1. The van der Waals surface area contributed by atoms with E-state index in [9.17, 15) is 4.79 Å². The van der Waals surface area contributed by atoms with Gasteiger partial charge in [0.05, 0.1) is 0 Å². The highest BCUT2D eigenvalue weighted by atomic mass is 32.1. The predicted octanol–water partition coefficient (Wildman–Crippen LogP) is 4.11. The van der Waals surface area contributed by atoms with Gasteiger partial charge in [-0.2, -0.15) is 0 Å². The van der Waals surface area contributed by atoms with E-state index in [1.165, 1.54) is 16.1 Å². The molecule has 2 N–H and O–H groups in total. The summed E-state index contributed by atoms with van der Waals surface area (Å²) in [6.07, 6.45) is 0. The van der Waals surface area contributed by atoms with Gasteiger partial charge in [-0.1, -0.05) is 57.5 Å². The average Bonchev–Trinajstić information content (AvgIpc) is 2.93. The first-order chi connectivity index (χ1) is 10.6. The fourth-order valence-corrected chi connectivity index (χ4v) is 2.01. The van der Waals surface area contributed by atoms with Gasteiger partial charge in [-0.15, -0.1) is 0 Å². The molecule has 0 saturated heterocycles. The lowest BCUT2D eigenvalue weighted by Crippen LogP contribution is -2.02. The summed E-state index contributed by atoms with van der Waals surface area (Å²) in [5, 5.41) is 2.58. The van der Waals surface area contributed by atoms with Crippen molar-refractivity contribution in [2.75, 3.05) is 0 Å². The molecule has 22 heavy (non-hydrogen) atoms. The van der Waals surface area contributed by atoms with E-state index in [1.54, 1.807) is 0 Å². The Labute approximate surface area is 135 Å². The standard InChI is InChI=1S/C12H10N4OS.2C2H6/c1-7-2-4-8(5-3-7)11-13-9-6-10(17)15-16(9)12(18)14-11;2*1-2/h2-6H,1H3,(H,15,17)(H,13,14,18);2*1-2H3. The van der Waals surface area contributed by atoms with E-state index >= 15 is 0 Å². The second-order valence-corrected chi connectivity index (χ2v) is 4.44. The van der Waals surface area contributed by atoms with Crippen LogP contribution in [0.25, 0.3) is 17.0 Å². The van der Waals surface area contributed by atoms with Crippen molar-refractivity contribution in [1.82, 2.24) is 19.6 Å². The van der Waals surface area contributed by atoms with Gasteiger partial charge in [-0.05, 0) is 19.1 Å². The first-order valence-electron chi connectivity index (χ1n) is 7.42. The molecular weight excluding hydrogens is 296 g/mol. The van der Waals surface area contributed by atoms with Crippen LogP contribution < -0.4 is 5.56 Å². The maximum atomic E-state index is 11.3. The van der Waals surface area contributed by atoms with E-state index in [0.717, 1.165) is 5.56 Å². The van der Waals surface area contributed by atoms with Crippen LogP contribution in [0, 0.1) is 11.7 Å². The van der Waals surface area contributed by atoms with Crippen LogP contribution in [0.1, 0.15) is 33.3 Å². The van der Waals surface area contributed by atoms with Gasteiger partial charge in [0.1, 0.15) is 11.5 Å². The topological polar surface area (TPSA) is 66.0 Å². The number of nitrogens with one attached hydrogen (secondary N) is 2. The largest absolute Gasteiger partial charge is 0.324 e. The van der Waals surface area contributed by atoms with E-state index < -0.39 is 0 Å². The summed E-state index contributed by atoms with van der Waals surface area (Å²) in [6.45, 7) is 10.0. The molecule has 0 radical (unpaired) electrons. The number of aromatic nitrogens is 4. The Hall–Kier alpha value is -2.21. The molecule has 0 spiro atoms. The first kappa shape index (κ1) is 17.8. The van der Waals surface area contributed by atoms with Crippen LogP contribution in [0.2, 0.25) is 0 Å². The molecule has 2 aromatic heterocycles. The normalized spacial score (nSPS) is 9.50. The van der Waals surface area contributed by atoms with E-state index in [0.29, 0.717) is 16.2 Å². The number of hydrogen-bond acceptors (Lipinski definition) is 3. The van der Waals surface area contributed by atoms with Crippen molar-refractivity contribution in [3.63, 3.8) is 0 Å². The first-order valence-corrected chi connectivity index (χ1v) is 7.83. The highest BCUT2D eigenvalue weighted by Gasteiger charge is 2.04. The van der Waals surface area contributed by atoms with Crippen molar-refractivity contribution >= 4 is 17.9 Å². The zero-order valence-electron chi connectivity index (χ0n) is 13.6. The van der Waals surface area contributed by atoms with Crippen molar-refractivity contribution < 1.29 is 0 Å². The maximum Gasteiger partial charge on any atom is 0.266 e. The summed E-state index contributed by atoms with van der Waals surface area (Å²) in [5.74, 6) is 0.652. The molecule has 0 unspecified atom stereocenters. The van der Waals surface area contributed by atoms with Gasteiger partial charge in [-0.25, -0.2) is 9.50 Å². The van der Waals surface area contributed by atoms with E-state index in [2.05, 4.69) is 15.1 Å². The van der Waals surface area contributed by atoms with E-state index in [4.69, 9.17) is 12.2 Å². The molecule has 0 saturated carbocycles. The molecule has 1 aromatic carbocycles. The van der Waals surface area contributed by atoms with Crippen molar-refractivity contribution in [3.8, 4) is 11.4 Å². The van der Waals surface area contributed by atoms with E-state index in [1.807, 2.05) is 58.9 Å². The minimum absolute atomic E-state index is 0.208. The molecule has 0 aliphatic heterocycles. The maximum absolute atomic E-state index is 11.3. The van der Waals surface area contributed by atoms with Gasteiger partial charge in [0.15, 0.2) is 0 Å². The fraction of sp³-hybridized carbons (Fsp3) is 0.312. The van der Waals surface area contributed by atoms with Gasteiger partial charge in [-0.3, -0.25) is 9.89 Å². The Kier molecular flexibility index (Phi) is 6.72. The summed E-state index contributed by atoms with van der Waals surface area (Å²) >= 11 is 5.14. The molecular formula is C16H22N4OS. The second kappa shape index (κ2) is 8.29. The zero-order valence-corrected chi connectivity index (χ0v) is 14.4. The quantitative estimate of drug-likeness (QED) is 0.664. The summed E-state index contributed by atoms with van der Waals surface area (Å²) in [7, 11) is 0. The number of benzene rings is 1. The van der Waals surface area contributed by atoms with Gasteiger partial charge >= 0.3 is 0 Å². The zero-order chi connectivity index (χ0) is 16.7. The second-order valence-electron chi connectivity index (χ2n) is 4.08. The van der Waals surface area contributed by atoms with Gasteiger partial charge < -0.3 is 4.98 Å². The molecule has 0 amide bonds. The van der Waals surface area contributed by atoms with Crippen LogP contribution in [0.15, 0.2) is 35.1 Å². The molecule has 0 bridgehead atoms. The van der Waals surface area contributed by atoms with Crippen molar-refractivity contribution in [1.29, 1.82) is 0 Å². The lowest BCUT2D eigenvalue weighted by atomic mass is 10.1. The molecule has 0 aliphatic carbocycles. The fourth-order valence-electron chi connectivity index (χ4n) is 1.78. The number of nitrogens with zero attached hydrogens (tertiary/aromatic N) is 2. The van der Waals surface area contributed by atoms with Crippen LogP contribution >= 0.6 is 12.2 Å². The summed E-state index contributed by atoms with van der Waals surface area (Å²) in [4.78, 5) is 18.6. The van der Waals surface area contributed by atoms with Crippen molar-refractivity contribution in [2.24, 2.45) is 0 Å². The lowest BCUT2D eigenvalue weighted by molar-refractivity contribution is 0.863.